The van der Waals surface area contributed by atoms with Gasteiger partial charge in [0.2, 0.25) is 0 Å². The van der Waals surface area contributed by atoms with E-state index in [9.17, 15) is 4.79 Å². The Labute approximate surface area is 114 Å². The molecule has 0 aromatic heterocycles. The predicted molar refractivity (Wildman–Crippen MR) is 73.3 cm³/mol. The number of carboxylic acids is 1. The van der Waals surface area contributed by atoms with Crippen molar-refractivity contribution >= 4 is 5.97 Å². The zero-order valence-corrected chi connectivity index (χ0v) is 11.6. The maximum atomic E-state index is 10.6. The highest BCUT2D eigenvalue weighted by molar-refractivity contribution is 5.69. The summed E-state index contributed by atoms with van der Waals surface area (Å²) in [5, 5.41) is 8.73. The summed E-state index contributed by atoms with van der Waals surface area (Å²) >= 11 is 0. The summed E-state index contributed by atoms with van der Waals surface area (Å²) in [6.45, 7) is 2.98. The van der Waals surface area contributed by atoms with Gasteiger partial charge in [-0.3, -0.25) is 4.79 Å². The molecule has 19 heavy (non-hydrogen) atoms. The van der Waals surface area contributed by atoms with Crippen LogP contribution >= 0.6 is 0 Å². The number of ether oxygens (including phenoxy) is 2. The SMILES string of the molecule is COc1ccc(COCCCC[C@@H](C)C(=O)O)cc1. The highest BCUT2D eigenvalue weighted by atomic mass is 16.5. The molecule has 0 amide bonds. The lowest BCUT2D eigenvalue weighted by atomic mass is 10.1. The average molecular weight is 266 g/mol. The molecule has 106 valence electrons. The van der Waals surface area contributed by atoms with Crippen molar-refractivity contribution in [3.05, 3.63) is 29.8 Å². The Balaban J connectivity index is 2.08. The van der Waals surface area contributed by atoms with Crippen molar-refractivity contribution in [3.63, 3.8) is 0 Å². The number of benzene rings is 1. The van der Waals surface area contributed by atoms with Crippen molar-refractivity contribution < 1.29 is 19.4 Å². The maximum absolute atomic E-state index is 10.6. The normalized spacial score (nSPS) is 12.1. The molecule has 0 fully saturated rings. The van der Waals surface area contributed by atoms with Crippen LogP contribution in [0.15, 0.2) is 24.3 Å². The van der Waals surface area contributed by atoms with E-state index in [-0.39, 0.29) is 5.92 Å². The second-order valence-corrected chi connectivity index (χ2v) is 4.64. The molecular weight excluding hydrogens is 244 g/mol. The summed E-state index contributed by atoms with van der Waals surface area (Å²) in [7, 11) is 1.64. The first kappa shape index (κ1) is 15.5. The van der Waals surface area contributed by atoms with E-state index < -0.39 is 5.97 Å². The van der Waals surface area contributed by atoms with E-state index in [0.29, 0.717) is 19.6 Å². The minimum Gasteiger partial charge on any atom is -0.497 e. The summed E-state index contributed by atoms with van der Waals surface area (Å²) < 4.78 is 10.6. The molecular formula is C15H22O4. The van der Waals surface area contributed by atoms with Gasteiger partial charge in [-0.25, -0.2) is 0 Å². The van der Waals surface area contributed by atoms with Crippen molar-refractivity contribution in [3.8, 4) is 5.75 Å². The molecule has 0 radical (unpaired) electrons. The van der Waals surface area contributed by atoms with E-state index in [1.165, 1.54) is 0 Å². The molecule has 0 saturated heterocycles. The molecule has 0 aliphatic carbocycles. The van der Waals surface area contributed by atoms with Crippen LogP contribution in [-0.4, -0.2) is 24.8 Å². The van der Waals surface area contributed by atoms with Crippen molar-refractivity contribution in [2.45, 2.75) is 32.8 Å². The molecule has 0 unspecified atom stereocenters. The van der Waals surface area contributed by atoms with Crippen LogP contribution in [0.2, 0.25) is 0 Å². The van der Waals surface area contributed by atoms with Crippen LogP contribution in [-0.2, 0) is 16.1 Å². The fourth-order valence-corrected chi connectivity index (χ4v) is 1.69. The molecule has 4 heteroatoms. The largest absolute Gasteiger partial charge is 0.497 e. The predicted octanol–water partition coefficient (Wildman–Crippen LogP) is 3.10. The Morgan fingerprint density at radius 2 is 1.95 bits per heavy atom. The standard InChI is InChI=1S/C15H22O4/c1-12(15(16)17)5-3-4-10-19-11-13-6-8-14(18-2)9-7-13/h6-9,12H,3-5,10-11H2,1-2H3,(H,16,17)/t12-/m1/s1. The van der Waals surface area contributed by atoms with E-state index >= 15 is 0 Å². The number of unbranched alkanes of at least 4 members (excludes halogenated alkanes) is 1. The van der Waals surface area contributed by atoms with Crippen molar-refractivity contribution in [1.82, 2.24) is 0 Å². The highest BCUT2D eigenvalue weighted by Gasteiger charge is 2.09. The number of rotatable bonds is 9. The molecule has 0 aliphatic heterocycles. The molecule has 0 heterocycles. The molecule has 1 rings (SSSR count). The van der Waals surface area contributed by atoms with Gasteiger partial charge in [-0.05, 0) is 30.5 Å². The summed E-state index contributed by atoms with van der Waals surface area (Å²) in [6, 6.07) is 7.77. The molecule has 1 aromatic carbocycles. The van der Waals surface area contributed by atoms with Crippen molar-refractivity contribution in [2.75, 3.05) is 13.7 Å². The van der Waals surface area contributed by atoms with Crippen molar-refractivity contribution in [2.24, 2.45) is 5.92 Å². The topological polar surface area (TPSA) is 55.8 Å². The quantitative estimate of drug-likeness (QED) is 0.698. The van der Waals surface area contributed by atoms with Gasteiger partial charge in [0.25, 0.3) is 0 Å². The van der Waals surface area contributed by atoms with Crippen LogP contribution < -0.4 is 4.74 Å². The van der Waals surface area contributed by atoms with Crippen LogP contribution in [0.3, 0.4) is 0 Å². The van der Waals surface area contributed by atoms with E-state index in [0.717, 1.165) is 24.2 Å². The lowest BCUT2D eigenvalue weighted by Crippen LogP contribution is -2.09. The average Bonchev–Trinajstić information content (AvgIpc) is 2.42. The van der Waals surface area contributed by atoms with Gasteiger partial charge in [0.15, 0.2) is 0 Å². The van der Waals surface area contributed by atoms with E-state index in [1.807, 2.05) is 24.3 Å². The van der Waals surface area contributed by atoms with Gasteiger partial charge in [0, 0.05) is 6.61 Å². The smallest absolute Gasteiger partial charge is 0.306 e. The first-order valence-corrected chi connectivity index (χ1v) is 6.57. The number of carbonyl (C=O) groups is 1. The lowest BCUT2D eigenvalue weighted by Gasteiger charge is -2.07. The second kappa shape index (κ2) is 8.53. The molecule has 4 nitrogen and oxygen atoms in total. The van der Waals surface area contributed by atoms with Gasteiger partial charge in [-0.2, -0.15) is 0 Å². The summed E-state index contributed by atoms with van der Waals surface area (Å²) in [6.07, 6.45) is 2.49. The third kappa shape index (κ3) is 6.25. The molecule has 1 aromatic rings. The molecule has 0 aliphatic rings. The highest BCUT2D eigenvalue weighted by Crippen LogP contribution is 2.12. The molecule has 1 N–H and O–H groups in total. The maximum Gasteiger partial charge on any atom is 0.306 e. The van der Waals surface area contributed by atoms with E-state index in [2.05, 4.69) is 0 Å². The number of carboxylic acid groups (broad SMARTS) is 1. The zero-order valence-electron chi connectivity index (χ0n) is 11.6. The third-order valence-corrected chi connectivity index (χ3v) is 3.03. The van der Waals surface area contributed by atoms with Gasteiger partial charge < -0.3 is 14.6 Å². The Kier molecular flexibility index (Phi) is 6.97. The first-order valence-electron chi connectivity index (χ1n) is 6.57. The minimum absolute atomic E-state index is 0.262. The summed E-state index contributed by atoms with van der Waals surface area (Å²) in [5.74, 6) is -0.146. The van der Waals surface area contributed by atoms with Gasteiger partial charge >= 0.3 is 5.97 Å². The van der Waals surface area contributed by atoms with Crippen LogP contribution in [0.1, 0.15) is 31.7 Å². The molecule has 0 saturated carbocycles. The Morgan fingerprint density at radius 1 is 1.26 bits per heavy atom. The van der Waals surface area contributed by atoms with Crippen molar-refractivity contribution in [1.29, 1.82) is 0 Å². The van der Waals surface area contributed by atoms with Gasteiger partial charge in [-0.15, -0.1) is 0 Å². The Morgan fingerprint density at radius 3 is 2.53 bits per heavy atom. The fraction of sp³-hybridized carbons (Fsp3) is 0.533. The van der Waals surface area contributed by atoms with Crippen LogP contribution in [0.4, 0.5) is 0 Å². The van der Waals surface area contributed by atoms with Gasteiger partial charge in [0.1, 0.15) is 5.75 Å². The van der Waals surface area contributed by atoms with Crippen LogP contribution in [0.5, 0.6) is 5.75 Å². The van der Waals surface area contributed by atoms with Gasteiger partial charge in [0.05, 0.1) is 19.6 Å². The van der Waals surface area contributed by atoms with E-state index in [4.69, 9.17) is 14.6 Å². The van der Waals surface area contributed by atoms with E-state index in [1.54, 1.807) is 14.0 Å². The third-order valence-electron chi connectivity index (χ3n) is 3.03. The molecule has 1 atom stereocenters. The number of hydrogen-bond acceptors (Lipinski definition) is 3. The summed E-state index contributed by atoms with van der Waals surface area (Å²) in [5.41, 5.74) is 1.11. The fourth-order valence-electron chi connectivity index (χ4n) is 1.69. The number of aliphatic carboxylic acids is 1. The first-order chi connectivity index (χ1) is 9.13. The zero-order chi connectivity index (χ0) is 14.1. The molecule has 0 bridgehead atoms. The minimum atomic E-state index is -0.723. The van der Waals surface area contributed by atoms with Crippen LogP contribution in [0.25, 0.3) is 0 Å². The lowest BCUT2D eigenvalue weighted by molar-refractivity contribution is -0.141. The Hall–Kier alpha value is -1.55. The Bertz CT molecular complexity index is 372. The van der Waals surface area contributed by atoms with Crippen LogP contribution in [0, 0.1) is 5.92 Å². The van der Waals surface area contributed by atoms with Gasteiger partial charge in [-0.1, -0.05) is 25.5 Å². The monoisotopic (exact) mass is 266 g/mol. The second-order valence-electron chi connectivity index (χ2n) is 4.64. The summed E-state index contributed by atoms with van der Waals surface area (Å²) in [4.78, 5) is 10.6. The molecule has 0 spiro atoms. The number of methoxy groups -OCH3 is 1. The number of hydrogen-bond donors (Lipinski definition) is 1.